The second kappa shape index (κ2) is 20.8. The maximum Gasteiger partial charge on any atom is 0.334 e. The Bertz CT molecular complexity index is 696. The molecule has 0 aromatic heterocycles. The Labute approximate surface area is 243 Å². The van der Waals surface area contributed by atoms with Gasteiger partial charge >= 0.3 is 5.97 Å². The van der Waals surface area contributed by atoms with Crippen molar-refractivity contribution in [1.29, 1.82) is 0 Å². The predicted octanol–water partition coefficient (Wildman–Crippen LogP) is 6.28. The van der Waals surface area contributed by atoms with E-state index in [1.54, 1.807) is 6.08 Å². The van der Waals surface area contributed by atoms with E-state index in [2.05, 4.69) is 6.92 Å². The maximum atomic E-state index is 11.6. The van der Waals surface area contributed by atoms with Crippen LogP contribution in [0.25, 0.3) is 0 Å². The highest BCUT2D eigenvalue weighted by atomic mass is 16.5. The van der Waals surface area contributed by atoms with Crippen LogP contribution in [-0.2, 0) is 14.3 Å². The van der Waals surface area contributed by atoms with Crippen molar-refractivity contribution in [2.75, 3.05) is 0 Å². The number of ether oxygens (including phenoxy) is 2. The fourth-order valence-electron chi connectivity index (χ4n) is 6.06. The first-order valence-corrected chi connectivity index (χ1v) is 16.6. The Morgan fingerprint density at radius 2 is 1.35 bits per heavy atom. The highest BCUT2D eigenvalue weighted by molar-refractivity contribution is 5.90. The number of hydrogen-bond acceptors (Lipinski definition) is 7. The Morgan fingerprint density at radius 1 is 0.775 bits per heavy atom. The molecule has 0 aromatic rings. The van der Waals surface area contributed by atoms with Crippen molar-refractivity contribution in [2.45, 2.75) is 191 Å². The highest BCUT2D eigenvalue weighted by Gasteiger charge is 2.30. The lowest BCUT2D eigenvalue weighted by molar-refractivity contribution is -0.139. The molecule has 40 heavy (non-hydrogen) atoms. The smallest absolute Gasteiger partial charge is 0.334 e. The Morgan fingerprint density at radius 3 is 2.00 bits per heavy atom. The number of carbonyl (C=O) groups is 1. The van der Waals surface area contributed by atoms with Crippen molar-refractivity contribution in [3.05, 3.63) is 11.6 Å². The van der Waals surface area contributed by atoms with Gasteiger partial charge in [-0.25, -0.2) is 4.79 Å². The average molecular weight is 569 g/mol. The highest BCUT2D eigenvalue weighted by Crippen LogP contribution is 2.28. The standard InChI is InChI=1S/C33H60O7/c1-3-4-5-7-13-18-29(35)30(36)19-14-10-15-20-31(37)32-22-21-28(40-32)17-12-9-6-8-11-16-27(34)24-26-23-25(2)39-33(26)38/h23,25,27-32,34-37H,3-22,24H2,1-2H3/t25-,27+,28-,29+,30-,31-,32+/m0/s1. The van der Waals surface area contributed by atoms with E-state index < -0.39 is 24.4 Å². The fraction of sp³-hybridized carbons (Fsp3) is 0.909. The van der Waals surface area contributed by atoms with Crippen LogP contribution in [0.5, 0.6) is 0 Å². The van der Waals surface area contributed by atoms with Gasteiger partial charge in [0, 0.05) is 12.0 Å². The minimum absolute atomic E-state index is 0.0538. The largest absolute Gasteiger partial charge is 0.455 e. The van der Waals surface area contributed by atoms with E-state index in [1.807, 2.05) is 6.92 Å². The third kappa shape index (κ3) is 14.8. The number of unbranched alkanes of at least 4 members (excludes halogenated alkanes) is 10. The van der Waals surface area contributed by atoms with Gasteiger partial charge < -0.3 is 29.9 Å². The molecule has 0 spiro atoms. The van der Waals surface area contributed by atoms with Gasteiger partial charge in [-0.15, -0.1) is 0 Å². The molecule has 2 heterocycles. The van der Waals surface area contributed by atoms with Crippen LogP contribution in [0.2, 0.25) is 0 Å². The summed E-state index contributed by atoms with van der Waals surface area (Å²) >= 11 is 0. The monoisotopic (exact) mass is 568 g/mol. The molecule has 1 saturated heterocycles. The molecule has 2 rings (SSSR count). The number of cyclic esters (lactones) is 1. The maximum absolute atomic E-state index is 11.6. The average Bonchev–Trinajstić information content (AvgIpc) is 3.52. The summed E-state index contributed by atoms with van der Waals surface area (Å²) in [5, 5.41) is 41.1. The van der Waals surface area contributed by atoms with Gasteiger partial charge in [0.1, 0.15) is 6.10 Å². The fourth-order valence-corrected chi connectivity index (χ4v) is 6.06. The predicted molar refractivity (Wildman–Crippen MR) is 159 cm³/mol. The molecule has 0 unspecified atom stereocenters. The zero-order chi connectivity index (χ0) is 29.2. The molecule has 7 nitrogen and oxygen atoms in total. The van der Waals surface area contributed by atoms with Crippen molar-refractivity contribution >= 4 is 5.97 Å². The Balaban J connectivity index is 1.41. The van der Waals surface area contributed by atoms with Crippen molar-refractivity contribution in [2.24, 2.45) is 0 Å². The number of esters is 1. The van der Waals surface area contributed by atoms with Crippen LogP contribution in [-0.4, -0.2) is 69.1 Å². The first-order chi connectivity index (χ1) is 19.3. The van der Waals surface area contributed by atoms with Crippen LogP contribution < -0.4 is 0 Å². The first kappa shape index (κ1) is 35.2. The lowest BCUT2D eigenvalue weighted by Crippen LogP contribution is -2.26. The molecule has 4 N–H and O–H groups in total. The number of carbonyl (C=O) groups excluding carboxylic acids is 1. The van der Waals surface area contributed by atoms with Crippen LogP contribution >= 0.6 is 0 Å². The molecule has 0 radical (unpaired) electrons. The van der Waals surface area contributed by atoms with E-state index in [4.69, 9.17) is 9.47 Å². The first-order valence-electron chi connectivity index (χ1n) is 16.6. The van der Waals surface area contributed by atoms with E-state index in [1.165, 1.54) is 19.3 Å². The third-order valence-corrected chi connectivity index (χ3v) is 8.63. The van der Waals surface area contributed by atoms with Crippen molar-refractivity contribution in [1.82, 2.24) is 0 Å². The summed E-state index contributed by atoms with van der Waals surface area (Å²) in [6, 6.07) is 0. The zero-order valence-corrected chi connectivity index (χ0v) is 25.5. The van der Waals surface area contributed by atoms with Crippen molar-refractivity contribution < 1.29 is 34.7 Å². The zero-order valence-electron chi connectivity index (χ0n) is 25.5. The van der Waals surface area contributed by atoms with E-state index in [9.17, 15) is 25.2 Å². The molecule has 0 bridgehead atoms. The van der Waals surface area contributed by atoms with Gasteiger partial charge in [-0.05, 0) is 57.9 Å². The molecular formula is C33H60O7. The van der Waals surface area contributed by atoms with Gasteiger partial charge in [0.2, 0.25) is 0 Å². The number of rotatable bonds is 24. The molecule has 0 saturated carbocycles. The van der Waals surface area contributed by atoms with Crippen molar-refractivity contribution in [3.63, 3.8) is 0 Å². The van der Waals surface area contributed by atoms with Crippen LogP contribution in [0.4, 0.5) is 0 Å². The molecule has 1 fully saturated rings. The summed E-state index contributed by atoms with van der Waals surface area (Å²) in [6.45, 7) is 4.02. The van der Waals surface area contributed by atoms with E-state index >= 15 is 0 Å². The molecule has 0 aliphatic carbocycles. The number of hydrogen-bond donors (Lipinski definition) is 4. The Hall–Kier alpha value is -0.990. The number of aliphatic hydroxyl groups excluding tert-OH is 4. The van der Waals surface area contributed by atoms with Gasteiger partial charge in [-0.3, -0.25) is 0 Å². The quantitative estimate of drug-likeness (QED) is 0.0800. The van der Waals surface area contributed by atoms with Crippen molar-refractivity contribution in [3.8, 4) is 0 Å². The molecule has 0 aromatic carbocycles. The molecule has 2 aliphatic rings. The van der Waals surface area contributed by atoms with Gasteiger partial charge in [0.25, 0.3) is 0 Å². The normalized spacial score (nSPS) is 24.1. The minimum Gasteiger partial charge on any atom is -0.455 e. The summed E-state index contributed by atoms with van der Waals surface area (Å²) in [5.41, 5.74) is 0.606. The summed E-state index contributed by atoms with van der Waals surface area (Å²) in [6.07, 6.45) is 19.8. The minimum atomic E-state index is -0.632. The van der Waals surface area contributed by atoms with Crippen LogP contribution in [0.3, 0.4) is 0 Å². The number of aliphatic hydroxyl groups is 4. The summed E-state index contributed by atoms with van der Waals surface area (Å²) < 4.78 is 11.2. The lowest BCUT2D eigenvalue weighted by atomic mass is 9.98. The SMILES string of the molecule is CCCCCCC[C@@H](O)[C@@H](O)CCCCC[C@H](O)[C@H]1CC[C@H](CCCCCCC[C@@H](O)CC2=C[C@H](C)OC2=O)O1. The van der Waals surface area contributed by atoms with E-state index in [0.29, 0.717) is 31.3 Å². The summed E-state index contributed by atoms with van der Waals surface area (Å²) in [4.78, 5) is 11.6. The second-order valence-electron chi connectivity index (χ2n) is 12.4. The lowest BCUT2D eigenvalue weighted by Gasteiger charge is -2.20. The molecule has 7 atom stereocenters. The van der Waals surface area contributed by atoms with Gasteiger partial charge in [-0.2, -0.15) is 0 Å². The van der Waals surface area contributed by atoms with Crippen LogP contribution in [0.1, 0.15) is 149 Å². The van der Waals surface area contributed by atoms with Crippen LogP contribution in [0, 0.1) is 0 Å². The molecule has 234 valence electrons. The van der Waals surface area contributed by atoms with E-state index in [0.717, 1.165) is 89.9 Å². The van der Waals surface area contributed by atoms with Gasteiger partial charge in [-0.1, -0.05) is 90.4 Å². The van der Waals surface area contributed by atoms with Gasteiger partial charge in [0.05, 0.1) is 36.6 Å². The molecule has 2 aliphatic heterocycles. The summed E-state index contributed by atoms with van der Waals surface area (Å²) in [7, 11) is 0. The summed E-state index contributed by atoms with van der Waals surface area (Å²) in [5.74, 6) is -0.290. The molecule has 7 heteroatoms. The second-order valence-corrected chi connectivity index (χ2v) is 12.4. The molecule has 0 amide bonds. The van der Waals surface area contributed by atoms with E-state index in [-0.39, 0.29) is 24.3 Å². The van der Waals surface area contributed by atoms with Crippen LogP contribution in [0.15, 0.2) is 11.6 Å². The topological polar surface area (TPSA) is 116 Å². The Kier molecular flexibility index (Phi) is 18.3. The van der Waals surface area contributed by atoms with Gasteiger partial charge in [0.15, 0.2) is 0 Å². The third-order valence-electron chi connectivity index (χ3n) is 8.63. The molecular weight excluding hydrogens is 508 g/mol.